The van der Waals surface area contributed by atoms with Crippen molar-refractivity contribution < 1.29 is 9.59 Å². The Bertz CT molecular complexity index is 808. The summed E-state index contributed by atoms with van der Waals surface area (Å²) in [6, 6.07) is -0.294. The summed E-state index contributed by atoms with van der Waals surface area (Å²) in [7, 11) is 3.66. The third kappa shape index (κ3) is 3.33. The first-order valence-corrected chi connectivity index (χ1v) is 9.38. The highest BCUT2D eigenvalue weighted by molar-refractivity contribution is 5.90. The predicted molar refractivity (Wildman–Crippen MR) is 96.2 cm³/mol. The zero-order valence-corrected chi connectivity index (χ0v) is 15.7. The van der Waals surface area contributed by atoms with Crippen molar-refractivity contribution in [3.63, 3.8) is 0 Å². The van der Waals surface area contributed by atoms with Gasteiger partial charge in [-0.05, 0) is 18.8 Å². The minimum Gasteiger partial charge on any atom is -0.342 e. The molecule has 0 N–H and O–H groups in total. The number of carbonyl (C=O) groups excluding carboxylic acids is 2. The van der Waals surface area contributed by atoms with Gasteiger partial charge in [-0.25, -0.2) is 9.97 Å². The number of hydrogen-bond acceptors (Lipinski definition) is 5. The van der Waals surface area contributed by atoms with Gasteiger partial charge in [-0.15, -0.1) is 0 Å². The molecule has 0 unspecified atom stereocenters. The Balaban J connectivity index is 1.43. The first-order valence-electron chi connectivity index (χ1n) is 9.38. The van der Waals surface area contributed by atoms with Crippen molar-refractivity contribution in [2.75, 3.05) is 20.1 Å². The Labute approximate surface area is 158 Å². The number of amides is 2. The summed E-state index contributed by atoms with van der Waals surface area (Å²) in [5.74, 6) is 0.967. The average Bonchev–Trinajstić information content (AvgIpc) is 3.38. The molecule has 2 aromatic heterocycles. The van der Waals surface area contributed by atoms with Crippen molar-refractivity contribution in [2.45, 2.75) is 31.8 Å². The second-order valence-electron chi connectivity index (χ2n) is 7.54. The SMILES string of the molecule is CN1C(=O)C[C@H](C(=O)N2CCC(Cn3cncn3)CC2)[C@H]1c1nccn1C. The van der Waals surface area contributed by atoms with Gasteiger partial charge in [0, 0.05) is 52.5 Å². The lowest BCUT2D eigenvalue weighted by atomic mass is 9.93. The molecule has 2 saturated heterocycles. The number of rotatable bonds is 4. The third-order valence-corrected chi connectivity index (χ3v) is 5.86. The van der Waals surface area contributed by atoms with Gasteiger partial charge < -0.3 is 14.4 Å². The number of carbonyl (C=O) groups is 2. The summed E-state index contributed by atoms with van der Waals surface area (Å²) in [6.45, 7) is 2.28. The number of imidazole rings is 1. The maximum Gasteiger partial charge on any atom is 0.228 e. The van der Waals surface area contributed by atoms with Crippen molar-refractivity contribution in [3.8, 4) is 0 Å². The molecular weight excluding hydrogens is 346 g/mol. The van der Waals surface area contributed by atoms with Crippen molar-refractivity contribution in [1.82, 2.24) is 34.1 Å². The van der Waals surface area contributed by atoms with E-state index in [-0.39, 0.29) is 30.2 Å². The Morgan fingerprint density at radius 1 is 1.26 bits per heavy atom. The van der Waals surface area contributed by atoms with Crippen LogP contribution in [0.5, 0.6) is 0 Å². The van der Waals surface area contributed by atoms with E-state index in [2.05, 4.69) is 15.1 Å². The van der Waals surface area contributed by atoms with E-state index >= 15 is 0 Å². The van der Waals surface area contributed by atoms with Crippen LogP contribution in [0.1, 0.15) is 31.1 Å². The van der Waals surface area contributed by atoms with E-state index in [4.69, 9.17) is 0 Å². The first-order chi connectivity index (χ1) is 13.0. The standard InChI is InChI=1S/C18H25N7O2/c1-22-8-5-20-17(22)16-14(9-15(26)23(16)2)18(27)24-6-3-13(4-7-24)10-25-12-19-11-21-25/h5,8,11-14,16H,3-4,6-7,9-10H2,1-2H3/t14-,16-/m0/s1. The molecule has 2 amide bonds. The Kier molecular flexibility index (Phi) is 4.67. The van der Waals surface area contributed by atoms with Crippen LogP contribution in [0, 0.1) is 11.8 Å². The quantitative estimate of drug-likeness (QED) is 0.779. The summed E-state index contributed by atoms with van der Waals surface area (Å²) in [4.78, 5) is 37.5. The van der Waals surface area contributed by atoms with Crippen LogP contribution in [0.4, 0.5) is 0 Å². The van der Waals surface area contributed by atoms with Gasteiger partial charge >= 0.3 is 0 Å². The van der Waals surface area contributed by atoms with Gasteiger partial charge in [0.05, 0.1) is 5.92 Å². The lowest BCUT2D eigenvalue weighted by Gasteiger charge is -2.34. The molecule has 2 aliphatic heterocycles. The maximum atomic E-state index is 13.2. The van der Waals surface area contributed by atoms with Crippen LogP contribution in [0.25, 0.3) is 0 Å². The summed E-state index contributed by atoms with van der Waals surface area (Å²) < 4.78 is 3.74. The highest BCUT2D eigenvalue weighted by Crippen LogP contribution is 2.37. The topological polar surface area (TPSA) is 89.2 Å². The summed E-state index contributed by atoms with van der Waals surface area (Å²) in [5.41, 5.74) is 0. The fourth-order valence-corrected chi connectivity index (χ4v) is 4.27. The smallest absolute Gasteiger partial charge is 0.228 e. The second-order valence-corrected chi connectivity index (χ2v) is 7.54. The van der Waals surface area contributed by atoms with Crippen molar-refractivity contribution in [2.24, 2.45) is 18.9 Å². The van der Waals surface area contributed by atoms with Crippen LogP contribution in [0.15, 0.2) is 25.0 Å². The van der Waals surface area contributed by atoms with Crippen LogP contribution in [0.2, 0.25) is 0 Å². The molecule has 144 valence electrons. The van der Waals surface area contributed by atoms with Crippen molar-refractivity contribution in [3.05, 3.63) is 30.9 Å². The molecule has 4 heterocycles. The summed E-state index contributed by atoms with van der Waals surface area (Å²) in [6.07, 6.45) is 8.97. The molecular formula is C18H25N7O2. The Morgan fingerprint density at radius 2 is 2.04 bits per heavy atom. The van der Waals surface area contributed by atoms with E-state index < -0.39 is 0 Å². The van der Waals surface area contributed by atoms with Gasteiger partial charge in [0.2, 0.25) is 11.8 Å². The van der Waals surface area contributed by atoms with Gasteiger partial charge in [-0.1, -0.05) is 0 Å². The van der Waals surface area contributed by atoms with Crippen LogP contribution in [-0.4, -0.2) is 66.1 Å². The molecule has 2 aromatic rings. The van der Waals surface area contributed by atoms with E-state index in [1.54, 1.807) is 30.8 Å². The maximum absolute atomic E-state index is 13.2. The molecule has 2 atom stereocenters. The monoisotopic (exact) mass is 371 g/mol. The van der Waals surface area contributed by atoms with E-state index in [0.29, 0.717) is 5.92 Å². The molecule has 2 aliphatic rings. The normalized spacial score (nSPS) is 24.0. The zero-order valence-electron chi connectivity index (χ0n) is 15.7. The molecule has 9 heteroatoms. The van der Waals surface area contributed by atoms with Gasteiger partial charge in [-0.3, -0.25) is 14.3 Å². The van der Waals surface area contributed by atoms with Crippen LogP contribution < -0.4 is 0 Å². The number of nitrogens with zero attached hydrogens (tertiary/aromatic N) is 7. The van der Waals surface area contributed by atoms with Gasteiger partial charge in [0.15, 0.2) is 0 Å². The number of aromatic nitrogens is 5. The zero-order chi connectivity index (χ0) is 19.0. The Morgan fingerprint density at radius 3 is 2.67 bits per heavy atom. The molecule has 0 aliphatic carbocycles. The number of aryl methyl sites for hydroxylation is 1. The van der Waals surface area contributed by atoms with E-state index in [1.807, 2.05) is 27.4 Å². The number of piperidine rings is 1. The largest absolute Gasteiger partial charge is 0.342 e. The van der Waals surface area contributed by atoms with E-state index in [0.717, 1.165) is 38.3 Å². The third-order valence-electron chi connectivity index (χ3n) is 5.86. The molecule has 9 nitrogen and oxygen atoms in total. The van der Waals surface area contributed by atoms with Gasteiger partial charge in [0.25, 0.3) is 0 Å². The van der Waals surface area contributed by atoms with E-state index in [9.17, 15) is 9.59 Å². The van der Waals surface area contributed by atoms with Gasteiger partial charge in [0.1, 0.15) is 24.5 Å². The average molecular weight is 371 g/mol. The fraction of sp³-hybridized carbons (Fsp3) is 0.611. The molecule has 0 radical (unpaired) electrons. The minimum atomic E-state index is -0.365. The first kappa shape index (κ1) is 17.7. The molecule has 0 spiro atoms. The van der Waals surface area contributed by atoms with Gasteiger partial charge in [-0.2, -0.15) is 5.10 Å². The molecule has 4 rings (SSSR count). The van der Waals surface area contributed by atoms with Crippen LogP contribution in [-0.2, 0) is 23.2 Å². The minimum absolute atomic E-state index is 0.00224. The predicted octanol–water partition coefficient (Wildman–Crippen LogP) is 0.470. The molecule has 0 bridgehead atoms. The highest BCUT2D eigenvalue weighted by atomic mass is 16.2. The van der Waals surface area contributed by atoms with E-state index in [1.165, 1.54) is 0 Å². The molecule has 27 heavy (non-hydrogen) atoms. The lowest BCUT2D eigenvalue weighted by Crippen LogP contribution is -2.44. The lowest BCUT2D eigenvalue weighted by molar-refractivity contribution is -0.138. The van der Waals surface area contributed by atoms with Crippen molar-refractivity contribution >= 4 is 11.8 Å². The fourth-order valence-electron chi connectivity index (χ4n) is 4.27. The molecule has 0 aromatic carbocycles. The summed E-state index contributed by atoms with van der Waals surface area (Å²) in [5, 5.41) is 4.16. The van der Waals surface area contributed by atoms with Crippen LogP contribution >= 0.6 is 0 Å². The second kappa shape index (κ2) is 7.13. The van der Waals surface area contributed by atoms with Crippen molar-refractivity contribution in [1.29, 1.82) is 0 Å². The molecule has 0 saturated carbocycles. The summed E-state index contributed by atoms with van der Waals surface area (Å²) >= 11 is 0. The number of hydrogen-bond donors (Lipinski definition) is 0. The molecule has 2 fully saturated rings. The highest BCUT2D eigenvalue weighted by Gasteiger charge is 2.46. The number of likely N-dealkylation sites (tertiary alicyclic amines) is 2. The Hall–Kier alpha value is -2.71. The van der Waals surface area contributed by atoms with Crippen LogP contribution in [0.3, 0.4) is 0 Å².